The van der Waals surface area contributed by atoms with Gasteiger partial charge >= 0.3 is 6.18 Å². The van der Waals surface area contributed by atoms with Crippen LogP contribution in [0.1, 0.15) is 11.1 Å². The summed E-state index contributed by atoms with van der Waals surface area (Å²) in [5.74, 6) is 0. The van der Waals surface area contributed by atoms with Crippen LogP contribution in [0.15, 0.2) is 47.2 Å². The van der Waals surface area contributed by atoms with Crippen molar-refractivity contribution in [2.45, 2.75) is 12.7 Å². The summed E-state index contributed by atoms with van der Waals surface area (Å²) in [5.41, 5.74) is 1.83. The Morgan fingerprint density at radius 1 is 1.08 bits per heavy atom. The molecule has 1 aliphatic heterocycles. The summed E-state index contributed by atoms with van der Waals surface area (Å²) >= 11 is 0. The van der Waals surface area contributed by atoms with Crippen molar-refractivity contribution >= 4 is 11.1 Å². The highest BCUT2D eigenvalue weighted by molar-refractivity contribution is 5.90. The van der Waals surface area contributed by atoms with Crippen LogP contribution >= 0.6 is 0 Å². The van der Waals surface area contributed by atoms with Crippen LogP contribution in [0.3, 0.4) is 0 Å². The van der Waals surface area contributed by atoms with Gasteiger partial charge < -0.3 is 9.15 Å². The summed E-state index contributed by atoms with van der Waals surface area (Å²) in [4.78, 5) is 6.04. The third-order valence-electron chi connectivity index (χ3n) is 4.58. The Kier molecular flexibility index (Phi) is 4.42. The van der Waals surface area contributed by atoms with Crippen molar-refractivity contribution in [3.63, 3.8) is 0 Å². The van der Waals surface area contributed by atoms with E-state index < -0.39 is 11.7 Å². The van der Waals surface area contributed by atoms with E-state index in [1.165, 1.54) is 12.5 Å². The van der Waals surface area contributed by atoms with Gasteiger partial charge in [-0.1, -0.05) is 24.3 Å². The van der Waals surface area contributed by atoms with E-state index in [-0.39, 0.29) is 12.1 Å². The second-order valence-corrected chi connectivity index (χ2v) is 6.26. The average molecular weight is 362 g/mol. The molecule has 0 saturated carbocycles. The second kappa shape index (κ2) is 6.74. The summed E-state index contributed by atoms with van der Waals surface area (Å²) < 4.78 is 51.7. The van der Waals surface area contributed by atoms with E-state index in [2.05, 4.69) is 4.98 Å². The van der Waals surface area contributed by atoms with E-state index in [1.54, 1.807) is 30.3 Å². The van der Waals surface area contributed by atoms with Crippen molar-refractivity contribution in [3.8, 4) is 11.1 Å². The lowest BCUT2D eigenvalue weighted by molar-refractivity contribution is -0.138. The molecule has 3 aromatic rings. The maximum atomic E-state index is 13.7. The fourth-order valence-corrected chi connectivity index (χ4v) is 3.26. The number of oxazole rings is 1. The number of halogens is 3. The molecule has 26 heavy (non-hydrogen) atoms. The molecule has 1 aromatic heterocycles. The largest absolute Gasteiger partial charge is 0.443 e. The second-order valence-electron chi connectivity index (χ2n) is 6.26. The van der Waals surface area contributed by atoms with Gasteiger partial charge in [0.25, 0.3) is 0 Å². The highest BCUT2D eigenvalue weighted by Crippen LogP contribution is 2.37. The molecule has 0 bridgehead atoms. The molecule has 2 aromatic carbocycles. The van der Waals surface area contributed by atoms with Gasteiger partial charge in [0.1, 0.15) is 5.52 Å². The minimum absolute atomic E-state index is 0.255. The molecule has 0 amide bonds. The smallest absolute Gasteiger partial charge is 0.416 e. The van der Waals surface area contributed by atoms with Crippen LogP contribution in [-0.2, 0) is 17.5 Å². The number of rotatable bonds is 3. The van der Waals surface area contributed by atoms with Crippen molar-refractivity contribution in [2.75, 3.05) is 26.3 Å². The molecule has 1 aliphatic rings. The van der Waals surface area contributed by atoms with E-state index in [0.717, 1.165) is 0 Å². The highest BCUT2D eigenvalue weighted by Gasteiger charge is 2.34. The maximum absolute atomic E-state index is 13.7. The molecule has 4 nitrogen and oxygen atoms in total. The number of para-hydroxylation sites is 1. The summed E-state index contributed by atoms with van der Waals surface area (Å²) in [7, 11) is 0. The quantitative estimate of drug-likeness (QED) is 0.695. The van der Waals surface area contributed by atoms with Gasteiger partial charge in [0, 0.05) is 25.2 Å². The van der Waals surface area contributed by atoms with Crippen molar-refractivity contribution in [1.82, 2.24) is 9.88 Å². The van der Waals surface area contributed by atoms with Crippen LogP contribution in [0.5, 0.6) is 0 Å². The van der Waals surface area contributed by atoms with Gasteiger partial charge in [-0.15, -0.1) is 0 Å². The Hall–Kier alpha value is -2.38. The summed E-state index contributed by atoms with van der Waals surface area (Å²) in [6, 6.07) is 9.73. The lowest BCUT2D eigenvalue weighted by Gasteiger charge is -2.27. The number of alkyl halides is 3. The molecule has 136 valence electrons. The predicted octanol–water partition coefficient (Wildman–Crippen LogP) is 4.35. The molecule has 1 saturated heterocycles. The molecule has 0 aliphatic carbocycles. The van der Waals surface area contributed by atoms with E-state index >= 15 is 0 Å². The Morgan fingerprint density at radius 3 is 2.65 bits per heavy atom. The van der Waals surface area contributed by atoms with Gasteiger partial charge in [-0.2, -0.15) is 13.2 Å². The first-order valence-electron chi connectivity index (χ1n) is 8.35. The number of fused-ring (bicyclic) bond motifs is 1. The minimum atomic E-state index is -4.42. The zero-order valence-electron chi connectivity index (χ0n) is 13.9. The van der Waals surface area contributed by atoms with Crippen LogP contribution in [0.4, 0.5) is 13.2 Å². The number of hydrogen-bond acceptors (Lipinski definition) is 4. The molecule has 0 spiro atoms. The topological polar surface area (TPSA) is 38.5 Å². The van der Waals surface area contributed by atoms with Crippen molar-refractivity contribution in [1.29, 1.82) is 0 Å². The number of ether oxygens (including phenoxy) is 1. The first kappa shape index (κ1) is 17.1. The molecular formula is C19H17F3N2O2. The third kappa shape index (κ3) is 3.32. The molecule has 1 fully saturated rings. The van der Waals surface area contributed by atoms with Gasteiger partial charge in [-0.05, 0) is 23.3 Å². The normalized spacial score (nSPS) is 16.3. The summed E-state index contributed by atoms with van der Waals surface area (Å²) in [6.07, 6.45) is -3.13. The van der Waals surface area contributed by atoms with Gasteiger partial charge in [0.05, 0.1) is 18.8 Å². The fourth-order valence-electron chi connectivity index (χ4n) is 3.26. The lowest BCUT2D eigenvalue weighted by atomic mass is 9.97. The molecular weight excluding hydrogens is 345 g/mol. The number of nitrogens with zero attached hydrogens (tertiary/aromatic N) is 2. The van der Waals surface area contributed by atoms with E-state index in [0.29, 0.717) is 48.5 Å². The molecule has 2 heterocycles. The van der Waals surface area contributed by atoms with Gasteiger partial charge in [0.2, 0.25) is 0 Å². The summed E-state index contributed by atoms with van der Waals surface area (Å²) in [5, 5.41) is 0. The van der Waals surface area contributed by atoms with Crippen LogP contribution in [0.25, 0.3) is 22.2 Å². The van der Waals surface area contributed by atoms with Crippen LogP contribution in [0.2, 0.25) is 0 Å². The molecule has 0 unspecified atom stereocenters. The Balaban J connectivity index is 1.75. The van der Waals surface area contributed by atoms with Crippen LogP contribution in [0, 0.1) is 0 Å². The Morgan fingerprint density at radius 2 is 1.88 bits per heavy atom. The minimum Gasteiger partial charge on any atom is -0.443 e. The Labute approximate surface area is 148 Å². The van der Waals surface area contributed by atoms with Crippen molar-refractivity contribution in [2.24, 2.45) is 0 Å². The number of morpholine rings is 1. The van der Waals surface area contributed by atoms with Crippen molar-refractivity contribution < 1.29 is 22.3 Å². The van der Waals surface area contributed by atoms with Gasteiger partial charge in [-0.25, -0.2) is 4.98 Å². The standard InChI is InChI=1S/C19H17F3N2O2/c20-19(21,22)16-10-13(15-2-1-3-17-18(15)26-12-23-17)4-5-14(16)11-24-6-8-25-9-7-24/h1-5,10,12H,6-9,11H2. The predicted molar refractivity (Wildman–Crippen MR) is 90.5 cm³/mol. The number of aromatic nitrogens is 1. The first-order chi connectivity index (χ1) is 12.5. The molecule has 4 rings (SSSR count). The van der Waals surface area contributed by atoms with Gasteiger partial charge in [0.15, 0.2) is 12.0 Å². The van der Waals surface area contributed by atoms with Gasteiger partial charge in [-0.3, -0.25) is 4.90 Å². The molecule has 0 radical (unpaired) electrons. The van der Waals surface area contributed by atoms with E-state index in [4.69, 9.17) is 9.15 Å². The molecule has 0 atom stereocenters. The zero-order valence-corrected chi connectivity index (χ0v) is 13.9. The average Bonchev–Trinajstić information content (AvgIpc) is 3.11. The van der Waals surface area contributed by atoms with Crippen LogP contribution < -0.4 is 0 Å². The zero-order chi connectivity index (χ0) is 18.1. The monoisotopic (exact) mass is 362 g/mol. The number of hydrogen-bond donors (Lipinski definition) is 0. The first-order valence-corrected chi connectivity index (χ1v) is 8.35. The lowest BCUT2D eigenvalue weighted by Crippen LogP contribution is -2.36. The third-order valence-corrected chi connectivity index (χ3v) is 4.58. The van der Waals surface area contributed by atoms with Crippen LogP contribution in [-0.4, -0.2) is 36.2 Å². The summed E-state index contributed by atoms with van der Waals surface area (Å²) in [6.45, 7) is 2.62. The van der Waals surface area contributed by atoms with E-state index in [9.17, 15) is 13.2 Å². The highest BCUT2D eigenvalue weighted by atomic mass is 19.4. The fraction of sp³-hybridized carbons (Fsp3) is 0.316. The Bertz CT molecular complexity index is 915. The SMILES string of the molecule is FC(F)(F)c1cc(-c2cccc3ncoc23)ccc1CN1CCOCC1. The van der Waals surface area contributed by atoms with E-state index in [1.807, 2.05) is 4.90 Å². The number of benzene rings is 2. The molecule has 7 heteroatoms. The van der Waals surface area contributed by atoms with Crippen molar-refractivity contribution in [3.05, 3.63) is 53.9 Å². The maximum Gasteiger partial charge on any atom is 0.416 e. The molecule has 0 N–H and O–H groups in total.